The Hall–Kier alpha value is -0.640. The summed E-state index contributed by atoms with van der Waals surface area (Å²) >= 11 is 2.43. The van der Waals surface area contributed by atoms with Gasteiger partial charge >= 0.3 is 0 Å². The molecule has 0 spiro atoms. The second kappa shape index (κ2) is 5.62. The first-order chi connectivity index (χ1) is 7.78. The first-order valence-corrected chi connectivity index (χ1v) is 7.14. The lowest BCUT2D eigenvalue weighted by molar-refractivity contribution is 0.872. The van der Waals surface area contributed by atoms with Gasteiger partial charge in [-0.05, 0) is 37.3 Å². The first kappa shape index (κ1) is 11.8. The fourth-order valence-electron chi connectivity index (χ4n) is 1.96. The number of hydrogen-bond donors (Lipinski definition) is 0. The summed E-state index contributed by atoms with van der Waals surface area (Å²) in [6.45, 7) is 2.10. The summed E-state index contributed by atoms with van der Waals surface area (Å²) in [5.41, 5.74) is 5.67. The van der Waals surface area contributed by atoms with E-state index in [0.29, 0.717) is 0 Å². The second-order valence-corrected chi connectivity index (χ2v) is 5.09. The van der Waals surface area contributed by atoms with Crippen LogP contribution in [0.25, 0.3) is 0 Å². The van der Waals surface area contributed by atoms with E-state index in [4.69, 9.17) is 0 Å². The van der Waals surface area contributed by atoms with Crippen LogP contribution in [0.5, 0.6) is 0 Å². The molecule has 1 nitrogen and oxygen atoms in total. The van der Waals surface area contributed by atoms with Crippen LogP contribution in [0.4, 0.5) is 0 Å². The minimum Gasteiger partial charge on any atom is -0.264 e. The van der Waals surface area contributed by atoms with E-state index < -0.39 is 0 Å². The topological polar surface area (TPSA) is 12.9 Å². The highest BCUT2D eigenvalue weighted by molar-refractivity contribution is 14.1. The predicted octanol–water partition coefficient (Wildman–Crippen LogP) is 4.01. The zero-order valence-corrected chi connectivity index (χ0v) is 11.7. The Morgan fingerprint density at radius 1 is 1.19 bits per heavy atom. The van der Waals surface area contributed by atoms with Crippen molar-refractivity contribution in [1.82, 2.24) is 4.98 Å². The van der Waals surface area contributed by atoms with Gasteiger partial charge in [0.25, 0.3) is 0 Å². The largest absolute Gasteiger partial charge is 0.264 e. The van der Waals surface area contributed by atoms with Crippen LogP contribution >= 0.6 is 22.6 Å². The number of rotatable bonds is 3. The molecule has 0 saturated heterocycles. The maximum absolute atomic E-state index is 4.24. The average Bonchev–Trinajstić information content (AvgIpc) is 2.30. The Kier molecular flexibility index (Phi) is 4.16. The maximum atomic E-state index is 4.24. The van der Waals surface area contributed by atoms with Crippen LogP contribution in [0.1, 0.15) is 24.0 Å². The highest BCUT2D eigenvalue weighted by Gasteiger charge is 2.06. The summed E-state index contributed by atoms with van der Waals surface area (Å²) < 4.78 is 1.16. The number of allylic oxidation sites excluding steroid dienone is 4. The lowest BCUT2D eigenvalue weighted by Crippen LogP contribution is -1.98. The van der Waals surface area contributed by atoms with Crippen molar-refractivity contribution in [2.75, 3.05) is 4.43 Å². The fraction of sp³-hybridized carbons (Fsp3) is 0.357. The first-order valence-electron chi connectivity index (χ1n) is 5.62. The van der Waals surface area contributed by atoms with Crippen molar-refractivity contribution >= 4 is 22.6 Å². The smallest absolute Gasteiger partial charge is 0.0303 e. The average molecular weight is 325 g/mol. The SMILES string of the molecule is Cc1cncc(CC2=CC=C(CI)CC2)c1. The van der Waals surface area contributed by atoms with Crippen molar-refractivity contribution in [3.63, 3.8) is 0 Å². The molecule has 0 unspecified atom stereocenters. The summed E-state index contributed by atoms with van der Waals surface area (Å²) in [7, 11) is 0. The molecule has 0 aliphatic heterocycles. The monoisotopic (exact) mass is 325 g/mol. The number of nitrogens with zero attached hydrogens (tertiary/aromatic N) is 1. The van der Waals surface area contributed by atoms with Crippen molar-refractivity contribution in [2.24, 2.45) is 0 Å². The zero-order valence-electron chi connectivity index (χ0n) is 9.54. The number of pyridine rings is 1. The Morgan fingerprint density at radius 3 is 2.56 bits per heavy atom. The summed E-state index contributed by atoms with van der Waals surface area (Å²) in [4.78, 5) is 4.24. The van der Waals surface area contributed by atoms with Gasteiger partial charge in [0.1, 0.15) is 0 Å². The van der Waals surface area contributed by atoms with Crippen LogP contribution in [0.2, 0.25) is 0 Å². The molecule has 1 aliphatic rings. The number of aromatic nitrogens is 1. The van der Waals surface area contributed by atoms with Gasteiger partial charge in [-0.15, -0.1) is 0 Å². The van der Waals surface area contributed by atoms with Crippen molar-refractivity contribution in [3.05, 3.63) is 52.9 Å². The lowest BCUT2D eigenvalue weighted by atomic mass is 9.95. The molecule has 0 atom stereocenters. The standard InChI is InChI=1S/C14H16IN/c1-11-6-14(10-16-9-11)7-12-2-4-13(8-15)5-3-12/h2,4,6,9-10H,3,5,7-8H2,1H3. The van der Waals surface area contributed by atoms with Gasteiger partial charge in [-0.2, -0.15) is 0 Å². The van der Waals surface area contributed by atoms with Crippen LogP contribution in [-0.2, 0) is 6.42 Å². The van der Waals surface area contributed by atoms with Gasteiger partial charge in [0.2, 0.25) is 0 Å². The number of alkyl halides is 1. The van der Waals surface area contributed by atoms with Gasteiger partial charge < -0.3 is 0 Å². The van der Waals surface area contributed by atoms with E-state index in [1.807, 2.05) is 12.4 Å². The third-order valence-corrected chi connectivity index (χ3v) is 3.84. The van der Waals surface area contributed by atoms with Crippen molar-refractivity contribution in [3.8, 4) is 0 Å². The highest BCUT2D eigenvalue weighted by atomic mass is 127. The summed E-state index contributed by atoms with van der Waals surface area (Å²) in [6, 6.07) is 2.23. The lowest BCUT2D eigenvalue weighted by Gasteiger charge is -2.13. The molecule has 16 heavy (non-hydrogen) atoms. The molecule has 1 aromatic heterocycles. The molecule has 1 heterocycles. The van der Waals surface area contributed by atoms with E-state index in [0.717, 1.165) is 10.8 Å². The second-order valence-electron chi connectivity index (χ2n) is 4.33. The van der Waals surface area contributed by atoms with Gasteiger partial charge in [0.15, 0.2) is 0 Å². The Morgan fingerprint density at radius 2 is 1.94 bits per heavy atom. The zero-order chi connectivity index (χ0) is 11.4. The number of aryl methyl sites for hydroxylation is 1. The Bertz CT molecular complexity index is 432. The van der Waals surface area contributed by atoms with E-state index in [-0.39, 0.29) is 0 Å². The summed E-state index contributed by atoms with van der Waals surface area (Å²) in [5.74, 6) is 0. The van der Waals surface area contributed by atoms with Crippen LogP contribution in [0, 0.1) is 6.92 Å². The number of hydrogen-bond acceptors (Lipinski definition) is 1. The Labute approximate surface area is 111 Å². The highest BCUT2D eigenvalue weighted by Crippen LogP contribution is 2.22. The van der Waals surface area contributed by atoms with Crippen LogP contribution in [0.3, 0.4) is 0 Å². The van der Waals surface area contributed by atoms with Crippen molar-refractivity contribution in [2.45, 2.75) is 26.2 Å². The molecule has 0 saturated carbocycles. The van der Waals surface area contributed by atoms with E-state index in [9.17, 15) is 0 Å². The molecule has 1 aliphatic carbocycles. The quantitative estimate of drug-likeness (QED) is 0.604. The maximum Gasteiger partial charge on any atom is 0.0303 e. The molecule has 0 N–H and O–H groups in total. The van der Waals surface area contributed by atoms with E-state index in [1.54, 1.807) is 5.57 Å². The van der Waals surface area contributed by atoms with E-state index >= 15 is 0 Å². The van der Waals surface area contributed by atoms with E-state index in [2.05, 4.69) is 52.7 Å². The molecule has 2 heteroatoms. The van der Waals surface area contributed by atoms with Crippen LogP contribution in [0.15, 0.2) is 41.8 Å². The van der Waals surface area contributed by atoms with Crippen molar-refractivity contribution in [1.29, 1.82) is 0 Å². The Balaban J connectivity index is 2.06. The molecule has 84 valence electrons. The van der Waals surface area contributed by atoms with Gasteiger partial charge in [0, 0.05) is 16.8 Å². The van der Waals surface area contributed by atoms with Crippen LogP contribution < -0.4 is 0 Å². The molecular formula is C14H16IN. The minimum absolute atomic E-state index is 1.06. The molecule has 0 aromatic carbocycles. The molecule has 0 radical (unpaired) electrons. The summed E-state index contributed by atoms with van der Waals surface area (Å²) in [5, 5.41) is 0. The summed E-state index contributed by atoms with van der Waals surface area (Å²) in [6.07, 6.45) is 12.0. The fourth-order valence-corrected chi connectivity index (χ4v) is 2.59. The molecular weight excluding hydrogens is 309 g/mol. The third kappa shape index (κ3) is 3.17. The normalized spacial score (nSPS) is 15.6. The van der Waals surface area contributed by atoms with Gasteiger partial charge in [-0.3, -0.25) is 4.98 Å². The molecule has 1 aromatic rings. The molecule has 0 fully saturated rings. The van der Waals surface area contributed by atoms with Gasteiger partial charge in [-0.1, -0.05) is 52.0 Å². The van der Waals surface area contributed by atoms with Gasteiger partial charge in [-0.25, -0.2) is 0 Å². The molecule has 2 rings (SSSR count). The third-order valence-electron chi connectivity index (χ3n) is 2.86. The number of halogens is 1. The predicted molar refractivity (Wildman–Crippen MR) is 77.0 cm³/mol. The molecule has 0 amide bonds. The minimum atomic E-state index is 1.06. The molecule has 0 bridgehead atoms. The van der Waals surface area contributed by atoms with E-state index in [1.165, 1.54) is 29.5 Å². The van der Waals surface area contributed by atoms with Crippen molar-refractivity contribution < 1.29 is 0 Å². The van der Waals surface area contributed by atoms with Gasteiger partial charge in [0.05, 0.1) is 0 Å². The van der Waals surface area contributed by atoms with Crippen LogP contribution in [-0.4, -0.2) is 9.41 Å².